The molecule has 1 fully saturated rings. The van der Waals surface area contributed by atoms with Crippen molar-refractivity contribution in [3.05, 3.63) is 65.7 Å². The molecule has 2 N–H and O–H groups in total. The highest BCUT2D eigenvalue weighted by atomic mass is 16.6. The quantitative estimate of drug-likeness (QED) is 0.343. The molecule has 2 amide bonds. The summed E-state index contributed by atoms with van der Waals surface area (Å²) in [4.78, 5) is 39.7. The van der Waals surface area contributed by atoms with Gasteiger partial charge in [-0.2, -0.15) is 0 Å². The molecular formula is C30H39N3O5. The first-order chi connectivity index (χ1) is 18.0. The molecule has 0 aromatic heterocycles. The molecule has 3 rings (SSSR count). The Morgan fingerprint density at radius 2 is 1.63 bits per heavy atom. The molecule has 8 nitrogen and oxygen atoms in total. The number of amides is 2. The van der Waals surface area contributed by atoms with E-state index in [0.717, 1.165) is 17.7 Å². The first-order valence-corrected chi connectivity index (χ1v) is 13.1. The van der Waals surface area contributed by atoms with E-state index in [0.29, 0.717) is 30.6 Å². The van der Waals surface area contributed by atoms with Crippen LogP contribution in [0.25, 0.3) is 6.08 Å². The summed E-state index contributed by atoms with van der Waals surface area (Å²) in [5, 5.41) is 5.47. The normalized spacial score (nSPS) is 18.0. The summed E-state index contributed by atoms with van der Waals surface area (Å²) in [6, 6.07) is 15.2. The molecule has 1 saturated heterocycles. The number of nitrogens with zero attached hydrogens (tertiary/aromatic N) is 1. The summed E-state index contributed by atoms with van der Waals surface area (Å²) in [5.41, 5.74) is 2.21. The van der Waals surface area contributed by atoms with Crippen LogP contribution in [0.3, 0.4) is 0 Å². The Morgan fingerprint density at radius 3 is 2.21 bits per heavy atom. The lowest BCUT2D eigenvalue weighted by molar-refractivity contribution is -0.148. The number of carbonyl (C=O) groups excluding carboxylic acids is 3. The largest absolute Gasteiger partial charge is 0.466 e. The van der Waals surface area contributed by atoms with Gasteiger partial charge >= 0.3 is 12.1 Å². The highest BCUT2D eigenvalue weighted by molar-refractivity contribution is 6.05. The van der Waals surface area contributed by atoms with Crippen molar-refractivity contribution in [1.29, 1.82) is 0 Å². The third-order valence-electron chi connectivity index (χ3n) is 6.28. The molecule has 2 aromatic rings. The van der Waals surface area contributed by atoms with E-state index >= 15 is 0 Å². The molecule has 0 saturated carbocycles. The lowest BCUT2D eigenvalue weighted by Gasteiger charge is -2.20. The molecule has 0 spiro atoms. The third kappa shape index (κ3) is 8.18. The van der Waals surface area contributed by atoms with E-state index < -0.39 is 11.7 Å². The zero-order valence-electron chi connectivity index (χ0n) is 23.1. The Balaban J connectivity index is 1.65. The van der Waals surface area contributed by atoms with Crippen LogP contribution in [-0.4, -0.2) is 54.2 Å². The highest BCUT2D eigenvalue weighted by Crippen LogP contribution is 2.35. The monoisotopic (exact) mass is 521 g/mol. The molecule has 0 aliphatic carbocycles. The van der Waals surface area contributed by atoms with Crippen LogP contribution in [0.1, 0.15) is 58.6 Å². The molecule has 0 unspecified atom stereocenters. The second-order valence-corrected chi connectivity index (χ2v) is 10.7. The van der Waals surface area contributed by atoms with Gasteiger partial charge in [-0.05, 0) is 70.9 Å². The Kier molecular flexibility index (Phi) is 9.69. The van der Waals surface area contributed by atoms with Crippen molar-refractivity contribution in [2.24, 2.45) is 5.92 Å². The number of esters is 1. The van der Waals surface area contributed by atoms with Crippen LogP contribution in [0.5, 0.6) is 0 Å². The van der Waals surface area contributed by atoms with Crippen molar-refractivity contribution < 1.29 is 23.9 Å². The summed E-state index contributed by atoms with van der Waals surface area (Å²) in [5.74, 6) is -0.619. The number of rotatable bonds is 8. The van der Waals surface area contributed by atoms with E-state index in [1.54, 1.807) is 51.1 Å². The number of anilines is 2. The molecule has 204 valence electrons. The van der Waals surface area contributed by atoms with Gasteiger partial charge in [0.05, 0.1) is 23.9 Å². The number of benzene rings is 2. The van der Waals surface area contributed by atoms with E-state index in [1.165, 1.54) is 6.08 Å². The predicted molar refractivity (Wildman–Crippen MR) is 150 cm³/mol. The van der Waals surface area contributed by atoms with E-state index in [-0.39, 0.29) is 23.7 Å². The van der Waals surface area contributed by atoms with Crippen LogP contribution in [-0.2, 0) is 19.1 Å². The zero-order valence-corrected chi connectivity index (χ0v) is 23.1. The van der Waals surface area contributed by atoms with Gasteiger partial charge < -0.3 is 14.8 Å². The molecule has 2 aromatic carbocycles. The summed E-state index contributed by atoms with van der Waals surface area (Å²) in [6.07, 6.45) is 2.57. The van der Waals surface area contributed by atoms with Crippen molar-refractivity contribution >= 4 is 35.4 Å². The van der Waals surface area contributed by atoms with Crippen LogP contribution in [0.4, 0.5) is 16.2 Å². The standard InChI is InChI=1S/C30H39N3O5/c1-7-37-28(35)24-19-33(20(2)3)18-23(24)22-15-12-21(13-16-22)14-17-27(34)31-25-10-8-9-11-26(25)32-29(36)38-30(4,5)6/h8-17,20,23-24H,7,18-19H2,1-6H3,(H,31,34)(H,32,36)/b17-14+/t23-,24+/m1/s1. The SMILES string of the molecule is CCOC(=O)[C@H]1CN(C(C)C)C[C@@H]1c1ccc(/C=C/C(=O)Nc2ccccc2NC(=O)OC(C)(C)C)cc1. The maximum Gasteiger partial charge on any atom is 0.412 e. The molecule has 8 heteroatoms. The minimum absolute atomic E-state index is 0.0618. The molecular weight excluding hydrogens is 482 g/mol. The Bertz CT molecular complexity index is 1150. The first kappa shape index (κ1) is 28.9. The van der Waals surface area contributed by atoms with Crippen molar-refractivity contribution in [3.8, 4) is 0 Å². The molecule has 1 heterocycles. The van der Waals surface area contributed by atoms with Gasteiger partial charge in [0.1, 0.15) is 5.60 Å². The number of ether oxygens (including phenoxy) is 2. The number of nitrogens with one attached hydrogen (secondary N) is 2. The van der Waals surface area contributed by atoms with E-state index in [2.05, 4.69) is 29.4 Å². The fourth-order valence-corrected chi connectivity index (χ4v) is 4.40. The second kappa shape index (κ2) is 12.7. The zero-order chi connectivity index (χ0) is 27.9. The van der Waals surface area contributed by atoms with Gasteiger partial charge in [-0.15, -0.1) is 0 Å². The molecule has 2 atom stereocenters. The number of hydrogen-bond acceptors (Lipinski definition) is 6. The van der Waals surface area contributed by atoms with Crippen molar-refractivity contribution in [2.45, 2.75) is 59.1 Å². The number of carbonyl (C=O) groups is 3. The number of hydrogen-bond donors (Lipinski definition) is 2. The minimum Gasteiger partial charge on any atom is -0.466 e. The van der Waals surface area contributed by atoms with Gasteiger partial charge in [0.2, 0.25) is 5.91 Å². The topological polar surface area (TPSA) is 97.0 Å². The van der Waals surface area contributed by atoms with Gasteiger partial charge in [-0.25, -0.2) is 4.79 Å². The van der Waals surface area contributed by atoms with Crippen LogP contribution in [0.2, 0.25) is 0 Å². The first-order valence-electron chi connectivity index (χ1n) is 13.1. The lowest BCUT2D eigenvalue weighted by atomic mass is 9.88. The Labute approximate surface area is 225 Å². The van der Waals surface area contributed by atoms with Gasteiger partial charge in [-0.3, -0.25) is 19.8 Å². The van der Waals surface area contributed by atoms with Gasteiger partial charge in [0, 0.05) is 31.1 Å². The Hall–Kier alpha value is -3.65. The average molecular weight is 522 g/mol. The van der Waals surface area contributed by atoms with E-state index in [1.807, 2.05) is 31.2 Å². The van der Waals surface area contributed by atoms with Gasteiger partial charge in [-0.1, -0.05) is 36.4 Å². The van der Waals surface area contributed by atoms with E-state index in [9.17, 15) is 14.4 Å². The van der Waals surface area contributed by atoms with Gasteiger partial charge in [0.15, 0.2) is 0 Å². The fourth-order valence-electron chi connectivity index (χ4n) is 4.40. The minimum atomic E-state index is -0.633. The third-order valence-corrected chi connectivity index (χ3v) is 6.28. The summed E-state index contributed by atoms with van der Waals surface area (Å²) >= 11 is 0. The van der Waals surface area contributed by atoms with Crippen LogP contribution in [0.15, 0.2) is 54.6 Å². The summed E-state index contributed by atoms with van der Waals surface area (Å²) < 4.78 is 10.6. The smallest absolute Gasteiger partial charge is 0.412 e. The summed E-state index contributed by atoms with van der Waals surface area (Å²) in [6.45, 7) is 13.3. The Morgan fingerprint density at radius 1 is 1.00 bits per heavy atom. The number of para-hydroxylation sites is 2. The maximum atomic E-state index is 12.6. The highest BCUT2D eigenvalue weighted by Gasteiger charge is 2.40. The molecule has 1 aliphatic heterocycles. The molecule has 0 bridgehead atoms. The number of likely N-dealkylation sites (tertiary alicyclic amines) is 1. The molecule has 1 aliphatic rings. The van der Waals surface area contributed by atoms with Gasteiger partial charge in [0.25, 0.3) is 0 Å². The van der Waals surface area contributed by atoms with Crippen molar-refractivity contribution in [2.75, 3.05) is 30.3 Å². The predicted octanol–water partition coefficient (Wildman–Crippen LogP) is 5.67. The van der Waals surface area contributed by atoms with Crippen LogP contribution in [0, 0.1) is 5.92 Å². The van der Waals surface area contributed by atoms with Crippen molar-refractivity contribution in [1.82, 2.24) is 4.90 Å². The van der Waals surface area contributed by atoms with Crippen molar-refractivity contribution in [3.63, 3.8) is 0 Å². The van der Waals surface area contributed by atoms with Crippen LogP contribution >= 0.6 is 0 Å². The molecule has 38 heavy (non-hydrogen) atoms. The second-order valence-electron chi connectivity index (χ2n) is 10.7. The van der Waals surface area contributed by atoms with Crippen LogP contribution < -0.4 is 10.6 Å². The average Bonchev–Trinajstić information content (AvgIpc) is 3.29. The fraction of sp³-hybridized carbons (Fsp3) is 0.433. The summed E-state index contributed by atoms with van der Waals surface area (Å²) in [7, 11) is 0. The van der Waals surface area contributed by atoms with E-state index in [4.69, 9.17) is 9.47 Å². The molecule has 0 radical (unpaired) electrons. The lowest BCUT2D eigenvalue weighted by Crippen LogP contribution is -2.30. The maximum absolute atomic E-state index is 12.6.